The summed E-state index contributed by atoms with van der Waals surface area (Å²) >= 11 is 0. The summed E-state index contributed by atoms with van der Waals surface area (Å²) in [5.41, 5.74) is 6.85. The lowest BCUT2D eigenvalue weighted by Gasteiger charge is -2.26. The third kappa shape index (κ3) is 2.98. The molecular formula is C17H23N3O4. The van der Waals surface area contributed by atoms with E-state index >= 15 is 0 Å². The second-order valence-electron chi connectivity index (χ2n) is 6.20. The summed E-state index contributed by atoms with van der Waals surface area (Å²) in [7, 11) is 0. The summed E-state index contributed by atoms with van der Waals surface area (Å²) in [6.45, 7) is 4.72. The minimum atomic E-state index is -0.358. The van der Waals surface area contributed by atoms with E-state index in [9.17, 15) is 9.59 Å². The second-order valence-corrected chi connectivity index (χ2v) is 6.20. The Morgan fingerprint density at radius 2 is 2.00 bits per heavy atom. The van der Waals surface area contributed by atoms with Gasteiger partial charge in [-0.1, -0.05) is 13.8 Å². The number of fused-ring (bicyclic) bond motifs is 1. The number of rotatable bonds is 5. The number of ether oxygens (including phenoxy) is 2. The van der Waals surface area contributed by atoms with Crippen LogP contribution in [0.5, 0.6) is 11.5 Å². The monoisotopic (exact) mass is 333 g/mol. The van der Waals surface area contributed by atoms with Crippen LogP contribution in [0.4, 0.5) is 11.4 Å². The normalized spacial score (nSPS) is 19.2. The van der Waals surface area contributed by atoms with Crippen molar-refractivity contribution < 1.29 is 19.1 Å². The number of carbonyl (C=O) groups is 2. The smallest absolute Gasteiger partial charge is 0.231 e. The van der Waals surface area contributed by atoms with Gasteiger partial charge in [-0.25, -0.2) is 0 Å². The zero-order valence-electron chi connectivity index (χ0n) is 14.0. The average Bonchev–Trinajstić information content (AvgIpc) is 3.16. The quantitative estimate of drug-likeness (QED) is 0.804. The van der Waals surface area contributed by atoms with Crippen molar-refractivity contribution in [2.75, 3.05) is 24.4 Å². The second kappa shape index (κ2) is 6.59. The maximum Gasteiger partial charge on any atom is 0.231 e. The molecule has 1 unspecified atom stereocenters. The first-order valence-corrected chi connectivity index (χ1v) is 8.32. The van der Waals surface area contributed by atoms with E-state index in [2.05, 4.69) is 19.2 Å². The van der Waals surface area contributed by atoms with Gasteiger partial charge in [-0.05, 0) is 12.8 Å². The van der Waals surface area contributed by atoms with Crippen molar-refractivity contribution >= 4 is 23.2 Å². The van der Waals surface area contributed by atoms with Crippen LogP contribution < -0.4 is 20.5 Å². The molecule has 1 fully saturated rings. The molecule has 2 amide bonds. The Hall–Kier alpha value is -2.44. The van der Waals surface area contributed by atoms with Crippen LogP contribution in [0.1, 0.15) is 33.1 Å². The number of hydrogen-bond acceptors (Lipinski definition) is 5. The highest BCUT2D eigenvalue weighted by atomic mass is 16.7. The number of amides is 2. The summed E-state index contributed by atoms with van der Waals surface area (Å²) in [5, 5.41) is 2.82. The minimum absolute atomic E-state index is 0.0440. The molecule has 7 nitrogen and oxygen atoms in total. The molecule has 24 heavy (non-hydrogen) atoms. The molecule has 1 atom stereocenters. The van der Waals surface area contributed by atoms with Crippen molar-refractivity contribution in [2.45, 2.75) is 39.2 Å². The molecule has 3 rings (SSSR count). The molecule has 130 valence electrons. The molecule has 0 aromatic heterocycles. The van der Waals surface area contributed by atoms with Gasteiger partial charge in [0, 0.05) is 31.1 Å². The molecule has 2 heterocycles. The molecule has 0 radical (unpaired) electrons. The molecule has 2 aliphatic heterocycles. The number of likely N-dealkylation sites (tertiary alicyclic amines) is 1. The topological polar surface area (TPSA) is 93.9 Å². The first kappa shape index (κ1) is 16.4. The van der Waals surface area contributed by atoms with E-state index in [1.54, 1.807) is 12.1 Å². The fraction of sp³-hybridized carbons (Fsp3) is 0.529. The molecule has 3 N–H and O–H groups in total. The molecule has 1 aromatic carbocycles. The third-order valence-corrected chi connectivity index (χ3v) is 4.72. The van der Waals surface area contributed by atoms with Crippen LogP contribution in [0.15, 0.2) is 12.1 Å². The SMILES string of the molecule is CCC(CC)N1CC(C(=O)Nc2cc3c(cc2N)OCO3)CC1=O. The Morgan fingerprint density at radius 3 is 2.67 bits per heavy atom. The van der Waals surface area contributed by atoms with E-state index in [1.165, 1.54) is 0 Å². The maximum atomic E-state index is 12.5. The molecule has 2 aliphatic rings. The number of nitrogens with two attached hydrogens (primary N) is 1. The lowest BCUT2D eigenvalue weighted by atomic mass is 10.1. The van der Waals surface area contributed by atoms with Crippen LogP contribution in [-0.2, 0) is 9.59 Å². The molecule has 0 bridgehead atoms. The van der Waals surface area contributed by atoms with Crippen molar-refractivity contribution in [3.63, 3.8) is 0 Å². The molecular weight excluding hydrogens is 310 g/mol. The van der Waals surface area contributed by atoms with Crippen LogP contribution in [-0.4, -0.2) is 36.1 Å². The van der Waals surface area contributed by atoms with Crippen LogP contribution in [0, 0.1) is 5.92 Å². The standard InChI is InChI=1S/C17H23N3O4/c1-3-11(4-2)20-8-10(5-16(20)21)17(22)19-13-7-15-14(6-12(13)18)23-9-24-15/h6-7,10-11H,3-5,8-9,18H2,1-2H3,(H,19,22). The Bertz CT molecular complexity index is 657. The van der Waals surface area contributed by atoms with Gasteiger partial charge in [-0.3, -0.25) is 9.59 Å². The van der Waals surface area contributed by atoms with Crippen molar-refractivity contribution in [2.24, 2.45) is 5.92 Å². The molecule has 0 spiro atoms. The van der Waals surface area contributed by atoms with Gasteiger partial charge in [0.05, 0.1) is 17.3 Å². The minimum Gasteiger partial charge on any atom is -0.454 e. The average molecular weight is 333 g/mol. The van der Waals surface area contributed by atoms with Gasteiger partial charge in [0.15, 0.2) is 11.5 Å². The molecule has 1 aromatic rings. The van der Waals surface area contributed by atoms with Gasteiger partial charge >= 0.3 is 0 Å². The maximum absolute atomic E-state index is 12.5. The van der Waals surface area contributed by atoms with Crippen molar-refractivity contribution in [1.82, 2.24) is 4.90 Å². The zero-order chi connectivity index (χ0) is 17.3. The number of anilines is 2. The predicted molar refractivity (Wildman–Crippen MR) is 89.8 cm³/mol. The van der Waals surface area contributed by atoms with Crippen LogP contribution in [0.2, 0.25) is 0 Å². The van der Waals surface area contributed by atoms with E-state index < -0.39 is 0 Å². The van der Waals surface area contributed by atoms with Gasteiger partial charge in [-0.15, -0.1) is 0 Å². The summed E-state index contributed by atoms with van der Waals surface area (Å²) in [4.78, 5) is 26.6. The molecule has 7 heteroatoms. The first-order chi connectivity index (χ1) is 11.5. The summed E-state index contributed by atoms with van der Waals surface area (Å²) in [6.07, 6.45) is 2.03. The molecule has 1 saturated heterocycles. The largest absolute Gasteiger partial charge is 0.454 e. The third-order valence-electron chi connectivity index (χ3n) is 4.72. The van der Waals surface area contributed by atoms with Gasteiger partial charge in [0.2, 0.25) is 18.6 Å². The summed E-state index contributed by atoms with van der Waals surface area (Å²) in [5.74, 6) is 0.620. The van der Waals surface area contributed by atoms with Crippen LogP contribution in [0.3, 0.4) is 0 Å². The number of benzene rings is 1. The van der Waals surface area contributed by atoms with Crippen LogP contribution in [0.25, 0.3) is 0 Å². The Morgan fingerprint density at radius 1 is 1.33 bits per heavy atom. The summed E-state index contributed by atoms with van der Waals surface area (Å²) < 4.78 is 10.6. The highest BCUT2D eigenvalue weighted by Crippen LogP contribution is 2.38. The highest BCUT2D eigenvalue weighted by Gasteiger charge is 2.37. The lowest BCUT2D eigenvalue weighted by molar-refractivity contribution is -0.130. The summed E-state index contributed by atoms with van der Waals surface area (Å²) in [6, 6.07) is 3.49. The Labute approximate surface area is 141 Å². The van der Waals surface area contributed by atoms with Crippen molar-refractivity contribution in [1.29, 1.82) is 0 Å². The predicted octanol–water partition coefficient (Wildman–Crippen LogP) is 1.97. The fourth-order valence-corrected chi connectivity index (χ4v) is 3.29. The Kier molecular flexibility index (Phi) is 4.51. The van der Waals surface area contributed by atoms with Gasteiger partial charge in [0.25, 0.3) is 0 Å². The van der Waals surface area contributed by atoms with Gasteiger partial charge in [-0.2, -0.15) is 0 Å². The van der Waals surface area contributed by atoms with Gasteiger partial charge in [0.1, 0.15) is 0 Å². The highest BCUT2D eigenvalue weighted by molar-refractivity contribution is 5.99. The first-order valence-electron chi connectivity index (χ1n) is 8.32. The van der Waals surface area contributed by atoms with E-state index in [0.29, 0.717) is 29.4 Å². The van der Waals surface area contributed by atoms with Crippen molar-refractivity contribution in [3.8, 4) is 11.5 Å². The number of nitrogen functional groups attached to an aromatic ring is 1. The number of nitrogens with one attached hydrogen (secondary N) is 1. The molecule has 0 saturated carbocycles. The number of hydrogen-bond donors (Lipinski definition) is 2. The van der Waals surface area contributed by atoms with E-state index in [1.807, 2.05) is 4.90 Å². The number of nitrogens with zero attached hydrogens (tertiary/aromatic N) is 1. The Balaban J connectivity index is 1.69. The van der Waals surface area contributed by atoms with Gasteiger partial charge < -0.3 is 25.4 Å². The van der Waals surface area contributed by atoms with E-state index in [0.717, 1.165) is 12.8 Å². The molecule has 0 aliphatic carbocycles. The van der Waals surface area contributed by atoms with Crippen molar-refractivity contribution in [3.05, 3.63) is 12.1 Å². The lowest BCUT2D eigenvalue weighted by Crippen LogP contribution is -2.36. The fourth-order valence-electron chi connectivity index (χ4n) is 3.29. The van der Waals surface area contributed by atoms with E-state index in [-0.39, 0.29) is 37.0 Å². The zero-order valence-corrected chi connectivity index (χ0v) is 14.0. The number of carbonyl (C=O) groups excluding carboxylic acids is 2. The van der Waals surface area contributed by atoms with Crippen LogP contribution >= 0.6 is 0 Å². The van der Waals surface area contributed by atoms with E-state index in [4.69, 9.17) is 15.2 Å².